The molecule has 0 saturated heterocycles. The summed E-state index contributed by atoms with van der Waals surface area (Å²) in [5, 5.41) is 19.8. The van der Waals surface area contributed by atoms with Crippen LogP contribution in [0.15, 0.2) is 73.8 Å². The lowest BCUT2D eigenvalue weighted by Gasteiger charge is -2.00. The predicted molar refractivity (Wildman–Crippen MR) is 111 cm³/mol. The van der Waals surface area contributed by atoms with Gasteiger partial charge in [0.25, 0.3) is 0 Å². The van der Waals surface area contributed by atoms with Crippen molar-refractivity contribution in [2.75, 3.05) is 0 Å². The first-order valence-corrected chi connectivity index (χ1v) is 10.1. The van der Waals surface area contributed by atoms with Crippen molar-refractivity contribution in [3.05, 3.63) is 85.0 Å². The molecular formula is C18H11ClN4O3S2. The molecule has 0 unspecified atom stereocenters. The van der Waals surface area contributed by atoms with Crippen LogP contribution >= 0.6 is 34.3 Å². The minimum atomic E-state index is -0.590. The first kappa shape index (κ1) is 18.4. The van der Waals surface area contributed by atoms with Gasteiger partial charge in [0, 0.05) is 10.4 Å². The number of furan rings is 1. The topological polar surface area (TPSA) is 85.9 Å². The third-order valence-electron chi connectivity index (χ3n) is 3.60. The fraction of sp³-hybridized carbons (Fsp3) is 0. The molecule has 0 saturated carbocycles. The number of rotatable bonds is 5. The Balaban J connectivity index is 1.78. The van der Waals surface area contributed by atoms with Crippen LogP contribution in [-0.4, -0.2) is 15.8 Å². The molecule has 0 atom stereocenters. The van der Waals surface area contributed by atoms with Crippen LogP contribution in [0.25, 0.3) is 10.6 Å². The van der Waals surface area contributed by atoms with Crippen LogP contribution in [0, 0.1) is 10.1 Å². The van der Waals surface area contributed by atoms with E-state index in [0.29, 0.717) is 9.82 Å². The zero-order chi connectivity index (χ0) is 19.5. The van der Waals surface area contributed by atoms with Crippen LogP contribution in [0.5, 0.6) is 0 Å². The molecule has 0 fully saturated rings. The highest BCUT2D eigenvalue weighted by Gasteiger charge is 2.12. The summed E-state index contributed by atoms with van der Waals surface area (Å²) in [7, 11) is 0. The molecule has 0 spiro atoms. The highest BCUT2D eigenvalue weighted by Crippen LogP contribution is 2.26. The summed E-state index contributed by atoms with van der Waals surface area (Å²) in [4.78, 5) is 16.5. The average molecular weight is 431 g/mol. The number of thiazole rings is 1. The predicted octanol–water partition coefficient (Wildman–Crippen LogP) is 5.55. The maximum Gasteiger partial charge on any atom is 0.433 e. The molecule has 28 heavy (non-hydrogen) atoms. The summed E-state index contributed by atoms with van der Waals surface area (Å²) < 4.78 is 6.82. The summed E-state index contributed by atoms with van der Waals surface area (Å²) >= 11 is 8.95. The number of hydrogen-bond acceptors (Lipinski definition) is 7. The van der Waals surface area contributed by atoms with Crippen molar-refractivity contribution in [1.82, 2.24) is 4.68 Å². The number of halogens is 1. The van der Waals surface area contributed by atoms with Gasteiger partial charge in [-0.3, -0.25) is 10.1 Å². The van der Waals surface area contributed by atoms with E-state index in [1.807, 2.05) is 35.0 Å². The average Bonchev–Trinajstić information content (AvgIpc) is 3.42. The van der Waals surface area contributed by atoms with Crippen LogP contribution < -0.4 is 4.80 Å². The fourth-order valence-corrected chi connectivity index (χ4v) is 4.11. The highest BCUT2D eigenvalue weighted by molar-refractivity contribution is 7.14. The monoisotopic (exact) mass is 430 g/mol. The molecular weight excluding hydrogens is 420 g/mol. The van der Waals surface area contributed by atoms with E-state index in [1.54, 1.807) is 28.1 Å². The summed E-state index contributed by atoms with van der Waals surface area (Å²) in [6.45, 7) is 0. The Hall–Kier alpha value is -3.01. The summed E-state index contributed by atoms with van der Waals surface area (Å²) in [5.74, 6) is -0.0544. The molecule has 1 aromatic carbocycles. The van der Waals surface area contributed by atoms with Crippen molar-refractivity contribution in [3.8, 4) is 10.6 Å². The van der Waals surface area contributed by atoms with Gasteiger partial charge in [0.05, 0.1) is 28.5 Å². The Kier molecular flexibility index (Phi) is 5.20. The van der Waals surface area contributed by atoms with Gasteiger partial charge in [0.15, 0.2) is 5.76 Å². The Bertz CT molecular complexity index is 1200. The van der Waals surface area contributed by atoms with Gasteiger partial charge in [-0.05, 0) is 41.8 Å². The van der Waals surface area contributed by atoms with Gasteiger partial charge in [0.2, 0.25) is 4.80 Å². The summed E-state index contributed by atoms with van der Waals surface area (Å²) in [6, 6.07) is 13.9. The maximum absolute atomic E-state index is 10.8. The highest BCUT2D eigenvalue weighted by atomic mass is 35.5. The van der Waals surface area contributed by atoms with Gasteiger partial charge in [-0.15, -0.1) is 22.7 Å². The molecule has 0 amide bonds. The van der Waals surface area contributed by atoms with Crippen molar-refractivity contribution in [2.45, 2.75) is 0 Å². The Morgan fingerprint density at radius 3 is 2.64 bits per heavy atom. The molecule has 0 aliphatic carbocycles. The van der Waals surface area contributed by atoms with E-state index >= 15 is 0 Å². The van der Waals surface area contributed by atoms with Crippen molar-refractivity contribution in [1.29, 1.82) is 0 Å². The molecule has 0 bridgehead atoms. The van der Waals surface area contributed by atoms with E-state index in [0.717, 1.165) is 16.3 Å². The lowest BCUT2D eigenvalue weighted by Crippen LogP contribution is -2.11. The SMILES string of the molecule is O=[N+]([O-])c1ccc(C=Nn2c(-c3cccs3)csc2=Nc2ccc(Cl)cc2)o1. The van der Waals surface area contributed by atoms with Crippen LogP contribution in [0.4, 0.5) is 11.6 Å². The number of benzene rings is 1. The van der Waals surface area contributed by atoms with Crippen molar-refractivity contribution < 1.29 is 9.34 Å². The fourth-order valence-electron chi connectivity index (χ4n) is 2.33. The Morgan fingerprint density at radius 1 is 1.14 bits per heavy atom. The molecule has 140 valence electrons. The Labute approximate surface area is 171 Å². The van der Waals surface area contributed by atoms with Crippen molar-refractivity contribution >= 4 is 52.1 Å². The van der Waals surface area contributed by atoms with Crippen LogP contribution in [-0.2, 0) is 0 Å². The van der Waals surface area contributed by atoms with Crippen molar-refractivity contribution in [3.63, 3.8) is 0 Å². The van der Waals surface area contributed by atoms with Gasteiger partial charge < -0.3 is 4.42 Å². The largest absolute Gasteiger partial charge is 0.433 e. The first-order chi connectivity index (χ1) is 13.6. The lowest BCUT2D eigenvalue weighted by atomic mass is 10.3. The second-order valence-corrected chi connectivity index (χ2v) is 7.68. The minimum absolute atomic E-state index is 0.278. The standard InChI is InChI=1S/C18H11ClN4O3S2/c19-12-3-5-13(6-4-12)21-18-22(15(11-28-18)16-2-1-9-27-16)20-10-14-7-8-17(26-14)23(24)25/h1-11H. The number of hydrogen-bond donors (Lipinski definition) is 0. The van der Waals surface area contributed by atoms with E-state index in [9.17, 15) is 10.1 Å². The number of aromatic nitrogens is 1. The van der Waals surface area contributed by atoms with E-state index in [2.05, 4.69) is 10.1 Å². The van der Waals surface area contributed by atoms with Gasteiger partial charge in [0.1, 0.15) is 4.92 Å². The third-order valence-corrected chi connectivity index (χ3v) is 5.56. The van der Waals surface area contributed by atoms with Crippen LogP contribution in [0.3, 0.4) is 0 Å². The molecule has 0 aliphatic rings. The zero-order valence-electron chi connectivity index (χ0n) is 14.1. The Morgan fingerprint density at radius 2 is 1.96 bits per heavy atom. The first-order valence-electron chi connectivity index (χ1n) is 7.93. The molecule has 0 radical (unpaired) electrons. The van der Waals surface area contributed by atoms with Gasteiger partial charge in [-0.25, -0.2) is 9.67 Å². The third kappa shape index (κ3) is 3.96. The molecule has 3 heterocycles. The summed E-state index contributed by atoms with van der Waals surface area (Å²) in [5.41, 5.74) is 1.60. The van der Waals surface area contributed by atoms with Crippen LogP contribution in [0.2, 0.25) is 5.02 Å². The van der Waals surface area contributed by atoms with Crippen molar-refractivity contribution in [2.24, 2.45) is 10.1 Å². The molecule has 7 nitrogen and oxygen atoms in total. The normalized spacial score (nSPS) is 12.1. The van der Waals surface area contributed by atoms with Crippen LogP contribution in [0.1, 0.15) is 5.76 Å². The number of nitro groups is 1. The van der Waals surface area contributed by atoms with E-state index < -0.39 is 4.92 Å². The van der Waals surface area contributed by atoms with E-state index in [-0.39, 0.29) is 11.6 Å². The second kappa shape index (κ2) is 7.93. The van der Waals surface area contributed by atoms with Gasteiger partial charge >= 0.3 is 5.88 Å². The van der Waals surface area contributed by atoms with Gasteiger partial charge in [-0.1, -0.05) is 17.7 Å². The molecule has 0 aliphatic heterocycles. The zero-order valence-corrected chi connectivity index (χ0v) is 16.4. The smallest absolute Gasteiger partial charge is 0.400 e. The molecule has 0 N–H and O–H groups in total. The molecule has 10 heteroatoms. The molecule has 3 aromatic heterocycles. The maximum atomic E-state index is 10.8. The lowest BCUT2D eigenvalue weighted by molar-refractivity contribution is -0.402. The second-order valence-electron chi connectivity index (χ2n) is 5.46. The van der Waals surface area contributed by atoms with E-state index in [4.69, 9.17) is 16.0 Å². The number of nitrogens with zero attached hydrogens (tertiary/aromatic N) is 4. The van der Waals surface area contributed by atoms with E-state index in [1.165, 1.54) is 29.7 Å². The quantitative estimate of drug-likeness (QED) is 0.236. The molecule has 4 rings (SSSR count). The minimum Gasteiger partial charge on any atom is -0.400 e. The summed E-state index contributed by atoms with van der Waals surface area (Å²) in [6.07, 6.45) is 1.43. The molecule has 4 aromatic rings. The number of thiophene rings is 1. The van der Waals surface area contributed by atoms with Gasteiger partial charge in [-0.2, -0.15) is 5.10 Å².